The quantitative estimate of drug-likeness (QED) is 0.646. The average molecular weight is 327 g/mol. The zero-order valence-electron chi connectivity index (χ0n) is 14.1. The molecule has 7 nitrogen and oxygen atoms in total. The summed E-state index contributed by atoms with van der Waals surface area (Å²) in [6, 6.07) is 8.49. The lowest BCUT2D eigenvalue weighted by Gasteiger charge is -2.26. The molecule has 0 radical (unpaired) electrons. The van der Waals surface area contributed by atoms with E-state index in [1.807, 2.05) is 24.1 Å². The summed E-state index contributed by atoms with van der Waals surface area (Å²) in [6.45, 7) is 4.14. The third-order valence-electron chi connectivity index (χ3n) is 4.41. The van der Waals surface area contributed by atoms with Crippen LogP contribution in [0.15, 0.2) is 30.5 Å². The Hall–Kier alpha value is -2.70. The van der Waals surface area contributed by atoms with Crippen molar-refractivity contribution in [1.29, 1.82) is 0 Å². The summed E-state index contributed by atoms with van der Waals surface area (Å²) >= 11 is 0. The van der Waals surface area contributed by atoms with Crippen LogP contribution in [0.2, 0.25) is 0 Å². The molecule has 1 fully saturated rings. The molecule has 24 heavy (non-hydrogen) atoms. The molecule has 7 heteroatoms. The van der Waals surface area contributed by atoms with Crippen molar-refractivity contribution in [3.8, 4) is 0 Å². The Bertz CT molecular complexity index is 760. The van der Waals surface area contributed by atoms with E-state index in [0.717, 1.165) is 12.8 Å². The van der Waals surface area contributed by atoms with Crippen LogP contribution in [0.1, 0.15) is 36.9 Å². The van der Waals surface area contributed by atoms with Gasteiger partial charge < -0.3 is 10.2 Å². The molecule has 0 amide bonds. The van der Waals surface area contributed by atoms with Gasteiger partial charge in [0.1, 0.15) is 6.20 Å². The summed E-state index contributed by atoms with van der Waals surface area (Å²) < 4.78 is 0. The van der Waals surface area contributed by atoms with Crippen molar-refractivity contribution in [2.24, 2.45) is 0 Å². The molecule has 1 aliphatic rings. The first-order valence-electron chi connectivity index (χ1n) is 8.03. The smallest absolute Gasteiger partial charge is 0.329 e. The molecule has 1 aliphatic carbocycles. The van der Waals surface area contributed by atoms with Crippen molar-refractivity contribution in [1.82, 2.24) is 9.97 Å². The molecule has 0 saturated heterocycles. The first-order valence-corrected chi connectivity index (χ1v) is 8.03. The number of nitro groups is 1. The predicted octanol–water partition coefficient (Wildman–Crippen LogP) is 3.46. The maximum atomic E-state index is 11.2. The maximum Gasteiger partial charge on any atom is 0.329 e. The van der Waals surface area contributed by atoms with E-state index < -0.39 is 4.92 Å². The van der Waals surface area contributed by atoms with Crippen molar-refractivity contribution in [3.63, 3.8) is 0 Å². The van der Waals surface area contributed by atoms with Crippen molar-refractivity contribution in [3.05, 3.63) is 51.7 Å². The van der Waals surface area contributed by atoms with Gasteiger partial charge in [0.15, 0.2) is 0 Å². The van der Waals surface area contributed by atoms with Gasteiger partial charge in [0, 0.05) is 13.1 Å². The second kappa shape index (κ2) is 6.43. The molecule has 0 spiro atoms. The number of anilines is 2. The number of nitrogens with zero attached hydrogens (tertiary/aromatic N) is 4. The fourth-order valence-electron chi connectivity index (χ4n) is 2.63. The van der Waals surface area contributed by atoms with E-state index >= 15 is 0 Å². The monoisotopic (exact) mass is 327 g/mol. The lowest BCUT2D eigenvalue weighted by Crippen LogP contribution is -2.25. The zero-order valence-corrected chi connectivity index (χ0v) is 14.1. The first kappa shape index (κ1) is 16.2. The highest BCUT2D eigenvalue weighted by Gasteiger charge is 2.27. The number of aryl methyl sites for hydroxylation is 1. The molecular weight excluding hydrogens is 306 g/mol. The lowest BCUT2D eigenvalue weighted by molar-refractivity contribution is -0.384. The molecule has 1 aromatic carbocycles. The summed E-state index contributed by atoms with van der Waals surface area (Å²) in [5, 5.41) is 14.3. The average Bonchev–Trinajstić information content (AvgIpc) is 3.37. The summed E-state index contributed by atoms with van der Waals surface area (Å²) in [6.07, 6.45) is 3.33. The SMILES string of the molecule is Cc1ccccc1[C@@H](C)N(C)c1ncc([N+](=O)[O-])c(NC2CC2)n1. The molecule has 3 rings (SSSR count). The first-order chi connectivity index (χ1) is 11.5. The Morgan fingerprint density at radius 3 is 2.71 bits per heavy atom. The minimum absolute atomic E-state index is 0.0569. The van der Waals surface area contributed by atoms with Gasteiger partial charge in [0.05, 0.1) is 11.0 Å². The second-order valence-electron chi connectivity index (χ2n) is 6.22. The van der Waals surface area contributed by atoms with Crippen LogP contribution in [0.25, 0.3) is 0 Å². The number of aromatic nitrogens is 2. The van der Waals surface area contributed by atoms with E-state index in [-0.39, 0.29) is 17.8 Å². The molecule has 1 N–H and O–H groups in total. The van der Waals surface area contributed by atoms with Gasteiger partial charge in [0.25, 0.3) is 0 Å². The molecule has 1 saturated carbocycles. The number of hydrogen-bond acceptors (Lipinski definition) is 6. The highest BCUT2D eigenvalue weighted by atomic mass is 16.6. The second-order valence-corrected chi connectivity index (χ2v) is 6.22. The van der Waals surface area contributed by atoms with Gasteiger partial charge in [0.2, 0.25) is 11.8 Å². The van der Waals surface area contributed by atoms with Gasteiger partial charge in [-0.1, -0.05) is 24.3 Å². The summed E-state index contributed by atoms with van der Waals surface area (Å²) in [4.78, 5) is 21.3. The summed E-state index contributed by atoms with van der Waals surface area (Å²) in [7, 11) is 1.90. The van der Waals surface area contributed by atoms with E-state index in [2.05, 4.69) is 41.3 Å². The molecule has 1 aromatic heterocycles. The molecule has 0 bridgehead atoms. The van der Waals surface area contributed by atoms with E-state index in [1.54, 1.807) is 0 Å². The van der Waals surface area contributed by atoms with Crippen LogP contribution in [0.5, 0.6) is 0 Å². The standard InChI is InChI=1S/C17H21N5O2/c1-11-6-4-5-7-14(11)12(2)21(3)17-18-10-15(22(23)24)16(20-17)19-13-8-9-13/h4-7,10,12-13H,8-9H2,1-3H3,(H,18,19,20)/t12-/m1/s1. The van der Waals surface area contributed by atoms with Crippen LogP contribution in [0.4, 0.5) is 17.5 Å². The van der Waals surface area contributed by atoms with Gasteiger partial charge in [-0.3, -0.25) is 10.1 Å². The number of hydrogen-bond donors (Lipinski definition) is 1. The normalized spacial score (nSPS) is 15.0. The van der Waals surface area contributed by atoms with Crippen LogP contribution in [-0.2, 0) is 0 Å². The highest BCUT2D eigenvalue weighted by Crippen LogP contribution is 2.31. The Balaban J connectivity index is 1.90. The predicted molar refractivity (Wildman–Crippen MR) is 93.3 cm³/mol. The Morgan fingerprint density at radius 1 is 1.38 bits per heavy atom. The van der Waals surface area contributed by atoms with E-state index in [9.17, 15) is 10.1 Å². The fourth-order valence-corrected chi connectivity index (χ4v) is 2.63. The zero-order chi connectivity index (χ0) is 17.3. The fraction of sp³-hybridized carbons (Fsp3) is 0.412. The molecule has 126 valence electrons. The van der Waals surface area contributed by atoms with Gasteiger partial charge in [-0.15, -0.1) is 0 Å². The van der Waals surface area contributed by atoms with Gasteiger partial charge in [-0.2, -0.15) is 4.98 Å². The van der Waals surface area contributed by atoms with Gasteiger partial charge in [-0.05, 0) is 37.8 Å². The van der Waals surface area contributed by atoms with Gasteiger partial charge in [-0.25, -0.2) is 4.98 Å². The van der Waals surface area contributed by atoms with Crippen LogP contribution in [-0.4, -0.2) is 28.0 Å². The molecule has 0 unspecified atom stereocenters. The van der Waals surface area contributed by atoms with E-state index in [1.165, 1.54) is 17.3 Å². The molecule has 1 heterocycles. The van der Waals surface area contributed by atoms with Crippen LogP contribution < -0.4 is 10.2 Å². The highest BCUT2D eigenvalue weighted by molar-refractivity contribution is 5.58. The third kappa shape index (κ3) is 3.29. The Kier molecular flexibility index (Phi) is 4.33. The number of benzene rings is 1. The van der Waals surface area contributed by atoms with Crippen molar-refractivity contribution < 1.29 is 4.92 Å². The van der Waals surface area contributed by atoms with Crippen LogP contribution in [0, 0.1) is 17.0 Å². The topological polar surface area (TPSA) is 84.2 Å². The maximum absolute atomic E-state index is 11.2. The van der Waals surface area contributed by atoms with Crippen molar-refractivity contribution >= 4 is 17.5 Å². The molecule has 2 aromatic rings. The van der Waals surface area contributed by atoms with E-state index in [0.29, 0.717) is 11.8 Å². The largest absolute Gasteiger partial charge is 0.361 e. The minimum Gasteiger partial charge on any atom is -0.361 e. The Morgan fingerprint density at radius 2 is 2.08 bits per heavy atom. The molecular formula is C17H21N5O2. The third-order valence-corrected chi connectivity index (χ3v) is 4.41. The lowest BCUT2D eigenvalue weighted by atomic mass is 10.0. The minimum atomic E-state index is -0.445. The van der Waals surface area contributed by atoms with Crippen LogP contribution in [0.3, 0.4) is 0 Å². The van der Waals surface area contributed by atoms with Crippen LogP contribution >= 0.6 is 0 Å². The molecule has 0 aliphatic heterocycles. The van der Waals surface area contributed by atoms with Crippen molar-refractivity contribution in [2.75, 3.05) is 17.3 Å². The van der Waals surface area contributed by atoms with Gasteiger partial charge >= 0.3 is 5.69 Å². The molecule has 1 atom stereocenters. The Labute approximate surface area is 140 Å². The number of nitrogens with one attached hydrogen (secondary N) is 1. The summed E-state index contributed by atoms with van der Waals surface area (Å²) in [5.41, 5.74) is 2.29. The van der Waals surface area contributed by atoms with Crippen molar-refractivity contribution in [2.45, 2.75) is 38.8 Å². The van der Waals surface area contributed by atoms with E-state index in [4.69, 9.17) is 0 Å². The summed E-state index contributed by atoms with van der Waals surface area (Å²) in [5.74, 6) is 0.774. The number of rotatable bonds is 6.